The zero-order valence-corrected chi connectivity index (χ0v) is 11.0. The molecule has 0 bridgehead atoms. The number of carbonyl (C=O) groups is 1. The minimum Gasteiger partial charge on any atom is -0.371 e. The van der Waals surface area contributed by atoms with E-state index in [4.69, 9.17) is 4.74 Å². The lowest BCUT2D eigenvalue weighted by molar-refractivity contribution is 0.0758. The van der Waals surface area contributed by atoms with E-state index in [-0.39, 0.29) is 12.0 Å². The molecule has 1 atom stereocenters. The first kappa shape index (κ1) is 12.8. The Kier molecular flexibility index (Phi) is 3.82. The minimum absolute atomic E-state index is 0.0495. The number of hydrogen-bond donors (Lipinski definition) is 0. The fraction of sp³-hybridized carbons (Fsp3) is 0.400. The van der Waals surface area contributed by atoms with E-state index in [1.807, 2.05) is 43.0 Å². The average Bonchev–Trinajstić information content (AvgIpc) is 3.12. The number of nitrogens with zero attached hydrogens (tertiary/aromatic N) is 1. The Bertz CT molecular complexity index is 446. The Balaban J connectivity index is 2.10. The fourth-order valence-corrected chi connectivity index (χ4v) is 1.84. The van der Waals surface area contributed by atoms with Gasteiger partial charge in [-0.05, 0) is 26.0 Å². The van der Waals surface area contributed by atoms with Crippen molar-refractivity contribution in [2.24, 2.45) is 0 Å². The van der Waals surface area contributed by atoms with Crippen molar-refractivity contribution in [3.8, 4) is 0 Å². The van der Waals surface area contributed by atoms with Gasteiger partial charge in [-0.1, -0.05) is 29.8 Å². The van der Waals surface area contributed by atoms with Crippen LogP contribution in [0.1, 0.15) is 22.8 Å². The first-order valence-electron chi connectivity index (χ1n) is 6.18. The molecule has 1 fully saturated rings. The van der Waals surface area contributed by atoms with Crippen LogP contribution in [0.3, 0.4) is 0 Å². The number of aryl methyl sites for hydroxylation is 1. The number of epoxide rings is 1. The van der Waals surface area contributed by atoms with E-state index in [1.165, 1.54) is 0 Å². The highest BCUT2D eigenvalue weighted by atomic mass is 16.6. The second kappa shape index (κ2) is 5.36. The third-order valence-corrected chi connectivity index (χ3v) is 2.87. The van der Waals surface area contributed by atoms with Crippen molar-refractivity contribution in [3.63, 3.8) is 0 Å². The molecule has 18 heavy (non-hydrogen) atoms. The predicted octanol–water partition coefficient (Wildman–Crippen LogP) is 2.41. The highest BCUT2D eigenvalue weighted by Crippen LogP contribution is 2.15. The van der Waals surface area contributed by atoms with Crippen LogP contribution in [0, 0.1) is 6.92 Å². The van der Waals surface area contributed by atoms with Gasteiger partial charge in [0, 0.05) is 18.7 Å². The molecule has 1 amide bonds. The van der Waals surface area contributed by atoms with Crippen molar-refractivity contribution in [2.45, 2.75) is 20.0 Å². The first-order chi connectivity index (χ1) is 8.56. The maximum Gasteiger partial charge on any atom is 0.254 e. The molecule has 0 aromatic heterocycles. The summed E-state index contributed by atoms with van der Waals surface area (Å²) in [5, 5.41) is 0. The van der Waals surface area contributed by atoms with E-state index in [9.17, 15) is 4.79 Å². The van der Waals surface area contributed by atoms with Crippen LogP contribution in [0.2, 0.25) is 0 Å². The minimum atomic E-state index is 0.0495. The number of benzene rings is 1. The van der Waals surface area contributed by atoms with Gasteiger partial charge in [0.25, 0.3) is 5.91 Å². The van der Waals surface area contributed by atoms with Gasteiger partial charge in [-0.3, -0.25) is 4.79 Å². The van der Waals surface area contributed by atoms with Crippen LogP contribution in [0.5, 0.6) is 0 Å². The third kappa shape index (κ3) is 3.44. The summed E-state index contributed by atoms with van der Waals surface area (Å²) < 4.78 is 5.20. The number of rotatable bonds is 5. The second-order valence-electron chi connectivity index (χ2n) is 4.96. The Labute approximate surface area is 108 Å². The summed E-state index contributed by atoms with van der Waals surface area (Å²) in [6.07, 6.45) is 0.207. The van der Waals surface area contributed by atoms with Crippen LogP contribution >= 0.6 is 0 Å². The van der Waals surface area contributed by atoms with E-state index in [0.717, 1.165) is 23.3 Å². The van der Waals surface area contributed by atoms with Gasteiger partial charge < -0.3 is 9.64 Å². The van der Waals surface area contributed by atoms with Crippen LogP contribution in [0.15, 0.2) is 36.4 Å². The highest BCUT2D eigenvalue weighted by molar-refractivity contribution is 5.94. The molecule has 1 saturated heterocycles. The van der Waals surface area contributed by atoms with Crippen LogP contribution in [0.25, 0.3) is 0 Å². The summed E-state index contributed by atoms with van der Waals surface area (Å²) in [6.45, 7) is 9.82. The molecule has 1 heterocycles. The topological polar surface area (TPSA) is 32.8 Å². The molecule has 1 unspecified atom stereocenters. The molecule has 96 valence electrons. The lowest BCUT2D eigenvalue weighted by atomic mass is 10.1. The van der Waals surface area contributed by atoms with Gasteiger partial charge in [0.05, 0.1) is 12.7 Å². The van der Waals surface area contributed by atoms with E-state index in [2.05, 4.69) is 6.58 Å². The molecule has 0 N–H and O–H groups in total. The summed E-state index contributed by atoms with van der Waals surface area (Å²) in [6, 6.07) is 7.66. The smallest absolute Gasteiger partial charge is 0.254 e. The second-order valence-corrected chi connectivity index (χ2v) is 4.96. The fourth-order valence-electron chi connectivity index (χ4n) is 1.84. The monoisotopic (exact) mass is 245 g/mol. The van der Waals surface area contributed by atoms with Crippen LogP contribution in [-0.2, 0) is 4.74 Å². The lowest BCUT2D eigenvalue weighted by Crippen LogP contribution is -2.35. The molecule has 0 aliphatic carbocycles. The van der Waals surface area contributed by atoms with Gasteiger partial charge in [-0.25, -0.2) is 0 Å². The SMILES string of the molecule is C=C(C)CN(CC1CO1)C(=O)c1ccc(C)cc1. The average molecular weight is 245 g/mol. The van der Waals surface area contributed by atoms with E-state index in [1.54, 1.807) is 0 Å². The lowest BCUT2D eigenvalue weighted by Gasteiger charge is -2.22. The Morgan fingerprint density at radius 2 is 2.06 bits per heavy atom. The third-order valence-electron chi connectivity index (χ3n) is 2.87. The molecule has 1 aromatic rings. The maximum atomic E-state index is 12.4. The van der Waals surface area contributed by atoms with Crippen molar-refractivity contribution in [1.29, 1.82) is 0 Å². The number of ether oxygens (including phenoxy) is 1. The summed E-state index contributed by atoms with van der Waals surface area (Å²) in [7, 11) is 0. The Hall–Kier alpha value is -1.61. The standard InChI is InChI=1S/C15H19NO2/c1-11(2)8-16(9-14-10-18-14)15(17)13-6-4-12(3)5-7-13/h4-7,14H,1,8-10H2,2-3H3. The number of hydrogen-bond acceptors (Lipinski definition) is 2. The number of amides is 1. The summed E-state index contributed by atoms with van der Waals surface area (Å²) in [4.78, 5) is 14.2. The molecular weight excluding hydrogens is 226 g/mol. The van der Waals surface area contributed by atoms with Gasteiger partial charge >= 0.3 is 0 Å². The van der Waals surface area contributed by atoms with E-state index < -0.39 is 0 Å². The van der Waals surface area contributed by atoms with E-state index >= 15 is 0 Å². The largest absolute Gasteiger partial charge is 0.371 e. The van der Waals surface area contributed by atoms with Gasteiger partial charge in [-0.2, -0.15) is 0 Å². The van der Waals surface area contributed by atoms with Gasteiger partial charge in [0.15, 0.2) is 0 Å². The van der Waals surface area contributed by atoms with Crippen molar-refractivity contribution in [1.82, 2.24) is 4.90 Å². The first-order valence-corrected chi connectivity index (χ1v) is 6.18. The Morgan fingerprint density at radius 3 is 2.56 bits per heavy atom. The molecule has 2 rings (SSSR count). The van der Waals surface area contributed by atoms with Gasteiger partial charge in [0.2, 0.25) is 0 Å². The zero-order chi connectivity index (χ0) is 13.1. The zero-order valence-electron chi connectivity index (χ0n) is 11.0. The molecule has 3 nitrogen and oxygen atoms in total. The quantitative estimate of drug-likeness (QED) is 0.589. The molecular formula is C15H19NO2. The van der Waals surface area contributed by atoms with Gasteiger partial charge in [0.1, 0.15) is 0 Å². The maximum absolute atomic E-state index is 12.4. The van der Waals surface area contributed by atoms with Crippen molar-refractivity contribution in [2.75, 3.05) is 19.7 Å². The van der Waals surface area contributed by atoms with Crippen LogP contribution in [-0.4, -0.2) is 36.6 Å². The molecule has 0 saturated carbocycles. The number of carbonyl (C=O) groups excluding carboxylic acids is 1. The molecule has 3 heteroatoms. The normalized spacial score (nSPS) is 17.3. The molecule has 1 aromatic carbocycles. The highest BCUT2D eigenvalue weighted by Gasteiger charge is 2.28. The van der Waals surface area contributed by atoms with E-state index in [0.29, 0.717) is 13.1 Å². The molecule has 1 aliphatic rings. The summed E-state index contributed by atoms with van der Waals surface area (Å²) in [5.41, 5.74) is 2.86. The van der Waals surface area contributed by atoms with Crippen LogP contribution in [0.4, 0.5) is 0 Å². The van der Waals surface area contributed by atoms with Crippen molar-refractivity contribution >= 4 is 5.91 Å². The van der Waals surface area contributed by atoms with Crippen molar-refractivity contribution in [3.05, 3.63) is 47.5 Å². The molecule has 1 aliphatic heterocycles. The van der Waals surface area contributed by atoms with Crippen LogP contribution < -0.4 is 0 Å². The predicted molar refractivity (Wildman–Crippen MR) is 71.6 cm³/mol. The Morgan fingerprint density at radius 1 is 1.44 bits per heavy atom. The molecule has 0 radical (unpaired) electrons. The summed E-state index contributed by atoms with van der Waals surface area (Å²) in [5.74, 6) is 0.0495. The molecule has 0 spiro atoms. The van der Waals surface area contributed by atoms with Gasteiger partial charge in [-0.15, -0.1) is 0 Å². The van der Waals surface area contributed by atoms with Crippen molar-refractivity contribution < 1.29 is 9.53 Å². The summed E-state index contributed by atoms with van der Waals surface area (Å²) >= 11 is 0.